The third-order valence-electron chi connectivity index (χ3n) is 2.17. The number of halogens is 1. The van der Waals surface area contributed by atoms with Crippen molar-refractivity contribution in [3.63, 3.8) is 0 Å². The first kappa shape index (κ1) is 13.0. The van der Waals surface area contributed by atoms with Gasteiger partial charge in [0.15, 0.2) is 0 Å². The van der Waals surface area contributed by atoms with E-state index in [9.17, 15) is 4.79 Å². The average molecular weight is 286 g/mol. The van der Waals surface area contributed by atoms with E-state index in [2.05, 4.69) is 21.2 Å². The van der Waals surface area contributed by atoms with Crippen molar-refractivity contribution >= 4 is 27.5 Å². The maximum absolute atomic E-state index is 11.6. The Hall–Kier alpha value is -1.03. The number of methoxy groups -OCH3 is 1. The zero-order chi connectivity index (χ0) is 11.8. The van der Waals surface area contributed by atoms with Crippen molar-refractivity contribution < 1.29 is 9.53 Å². The molecule has 16 heavy (non-hydrogen) atoms. The van der Waals surface area contributed by atoms with E-state index in [1.54, 1.807) is 7.11 Å². The molecule has 0 bridgehead atoms. The van der Waals surface area contributed by atoms with Crippen LogP contribution >= 0.6 is 15.9 Å². The number of carbonyl (C=O) groups excluding carboxylic acids is 1. The SMILES string of the molecule is COc1ccccc1NC(=O)CCCCBr. The summed E-state index contributed by atoms with van der Waals surface area (Å²) in [5, 5.41) is 3.78. The highest BCUT2D eigenvalue weighted by Gasteiger charge is 2.05. The molecule has 0 heterocycles. The fraction of sp³-hybridized carbons (Fsp3) is 0.417. The Balaban J connectivity index is 2.49. The van der Waals surface area contributed by atoms with E-state index in [1.165, 1.54) is 0 Å². The summed E-state index contributed by atoms with van der Waals surface area (Å²) >= 11 is 3.34. The Morgan fingerprint density at radius 1 is 1.38 bits per heavy atom. The van der Waals surface area contributed by atoms with Gasteiger partial charge in [-0.2, -0.15) is 0 Å². The molecule has 0 saturated carbocycles. The van der Waals surface area contributed by atoms with Crippen LogP contribution in [0.15, 0.2) is 24.3 Å². The molecule has 1 aromatic carbocycles. The molecule has 0 aliphatic carbocycles. The Morgan fingerprint density at radius 2 is 2.12 bits per heavy atom. The summed E-state index contributed by atoms with van der Waals surface area (Å²) in [6.45, 7) is 0. The predicted molar refractivity (Wildman–Crippen MR) is 69.3 cm³/mol. The molecule has 0 atom stereocenters. The maximum Gasteiger partial charge on any atom is 0.224 e. The minimum absolute atomic E-state index is 0.0328. The van der Waals surface area contributed by atoms with Gasteiger partial charge in [0.05, 0.1) is 12.8 Å². The molecule has 1 N–H and O–H groups in total. The van der Waals surface area contributed by atoms with Crippen molar-refractivity contribution in [3.8, 4) is 5.75 Å². The predicted octanol–water partition coefficient (Wildman–Crippen LogP) is 3.20. The number of hydrogen-bond donors (Lipinski definition) is 1. The van der Waals surface area contributed by atoms with E-state index in [4.69, 9.17) is 4.74 Å². The minimum atomic E-state index is 0.0328. The largest absolute Gasteiger partial charge is 0.495 e. The Labute approximate surface area is 104 Å². The Bertz CT molecular complexity index is 342. The van der Waals surface area contributed by atoms with Crippen LogP contribution in [0.4, 0.5) is 5.69 Å². The fourth-order valence-electron chi connectivity index (χ4n) is 1.34. The Kier molecular flexibility index (Phi) is 5.93. The molecular weight excluding hydrogens is 270 g/mol. The Morgan fingerprint density at radius 3 is 2.81 bits per heavy atom. The van der Waals surface area contributed by atoms with Gasteiger partial charge in [-0.05, 0) is 25.0 Å². The molecule has 0 aliphatic rings. The highest BCUT2D eigenvalue weighted by molar-refractivity contribution is 9.09. The van der Waals surface area contributed by atoms with Gasteiger partial charge in [0.2, 0.25) is 5.91 Å². The molecule has 0 aliphatic heterocycles. The van der Waals surface area contributed by atoms with Gasteiger partial charge in [-0.25, -0.2) is 0 Å². The molecule has 1 rings (SSSR count). The number of anilines is 1. The first-order chi connectivity index (χ1) is 7.77. The molecule has 0 saturated heterocycles. The molecular formula is C12H16BrNO2. The van der Waals surface area contributed by atoms with Crippen LogP contribution < -0.4 is 10.1 Å². The summed E-state index contributed by atoms with van der Waals surface area (Å²) in [5.41, 5.74) is 0.730. The lowest BCUT2D eigenvalue weighted by molar-refractivity contribution is -0.116. The van der Waals surface area contributed by atoms with Crippen molar-refractivity contribution in [2.24, 2.45) is 0 Å². The van der Waals surface area contributed by atoms with Crippen molar-refractivity contribution in [1.82, 2.24) is 0 Å². The van der Waals surface area contributed by atoms with Gasteiger partial charge >= 0.3 is 0 Å². The molecule has 0 unspecified atom stereocenters. The van der Waals surface area contributed by atoms with Gasteiger partial charge in [0.25, 0.3) is 0 Å². The number of alkyl halides is 1. The number of rotatable bonds is 6. The van der Waals surface area contributed by atoms with Crippen LogP contribution in [0.3, 0.4) is 0 Å². The molecule has 0 fully saturated rings. The summed E-state index contributed by atoms with van der Waals surface area (Å²) < 4.78 is 5.15. The van der Waals surface area contributed by atoms with E-state index in [0.29, 0.717) is 12.2 Å². The van der Waals surface area contributed by atoms with Gasteiger partial charge in [0, 0.05) is 11.8 Å². The van der Waals surface area contributed by atoms with Crippen molar-refractivity contribution in [3.05, 3.63) is 24.3 Å². The summed E-state index contributed by atoms with van der Waals surface area (Å²) in [6, 6.07) is 7.41. The molecule has 88 valence electrons. The zero-order valence-electron chi connectivity index (χ0n) is 9.33. The summed E-state index contributed by atoms with van der Waals surface area (Å²) in [7, 11) is 1.59. The van der Waals surface area contributed by atoms with Gasteiger partial charge < -0.3 is 10.1 Å². The number of unbranched alkanes of at least 4 members (excludes halogenated alkanes) is 1. The number of ether oxygens (including phenoxy) is 1. The molecule has 1 amide bonds. The van der Waals surface area contributed by atoms with Gasteiger partial charge in [-0.1, -0.05) is 28.1 Å². The summed E-state index contributed by atoms with van der Waals surface area (Å²) in [5.74, 6) is 0.724. The number of para-hydroxylation sites is 2. The molecule has 4 heteroatoms. The van der Waals surface area contributed by atoms with Crippen molar-refractivity contribution in [1.29, 1.82) is 0 Å². The van der Waals surface area contributed by atoms with Gasteiger partial charge in [-0.3, -0.25) is 4.79 Å². The van der Waals surface area contributed by atoms with E-state index < -0.39 is 0 Å². The number of amides is 1. The monoisotopic (exact) mass is 285 g/mol. The number of hydrogen-bond acceptors (Lipinski definition) is 2. The molecule has 0 radical (unpaired) electrons. The lowest BCUT2D eigenvalue weighted by Gasteiger charge is -2.09. The standard InChI is InChI=1S/C12H16BrNO2/c1-16-11-7-3-2-6-10(11)14-12(15)8-4-5-9-13/h2-3,6-7H,4-5,8-9H2,1H3,(H,14,15). The van der Waals surface area contributed by atoms with Crippen LogP contribution in [0.25, 0.3) is 0 Å². The zero-order valence-corrected chi connectivity index (χ0v) is 10.9. The van der Waals surface area contributed by atoms with Crippen LogP contribution in [0, 0.1) is 0 Å². The fourth-order valence-corrected chi connectivity index (χ4v) is 1.74. The topological polar surface area (TPSA) is 38.3 Å². The highest BCUT2D eigenvalue weighted by atomic mass is 79.9. The highest BCUT2D eigenvalue weighted by Crippen LogP contribution is 2.23. The lowest BCUT2D eigenvalue weighted by atomic mass is 10.2. The van der Waals surface area contributed by atoms with Crippen LogP contribution in [0.1, 0.15) is 19.3 Å². The first-order valence-corrected chi connectivity index (χ1v) is 6.39. The van der Waals surface area contributed by atoms with Gasteiger partial charge in [-0.15, -0.1) is 0 Å². The van der Waals surface area contributed by atoms with Crippen LogP contribution in [0.2, 0.25) is 0 Å². The number of nitrogens with one attached hydrogen (secondary N) is 1. The second-order valence-corrected chi connectivity index (χ2v) is 4.19. The maximum atomic E-state index is 11.6. The lowest BCUT2D eigenvalue weighted by Crippen LogP contribution is -2.11. The molecule has 1 aromatic rings. The second-order valence-electron chi connectivity index (χ2n) is 3.39. The third kappa shape index (κ3) is 4.23. The van der Waals surface area contributed by atoms with Crippen LogP contribution in [-0.4, -0.2) is 18.3 Å². The normalized spacial score (nSPS) is 9.88. The average Bonchev–Trinajstić information content (AvgIpc) is 2.30. The first-order valence-electron chi connectivity index (χ1n) is 5.26. The van der Waals surface area contributed by atoms with Crippen LogP contribution in [-0.2, 0) is 4.79 Å². The minimum Gasteiger partial charge on any atom is -0.495 e. The van der Waals surface area contributed by atoms with E-state index in [-0.39, 0.29) is 5.91 Å². The smallest absolute Gasteiger partial charge is 0.224 e. The third-order valence-corrected chi connectivity index (χ3v) is 2.73. The second kappa shape index (κ2) is 7.28. The summed E-state index contributed by atoms with van der Waals surface area (Å²) in [6.07, 6.45) is 2.45. The number of benzene rings is 1. The summed E-state index contributed by atoms with van der Waals surface area (Å²) in [4.78, 5) is 11.6. The molecule has 0 spiro atoms. The molecule has 3 nitrogen and oxygen atoms in total. The van der Waals surface area contributed by atoms with Gasteiger partial charge in [0.1, 0.15) is 5.75 Å². The van der Waals surface area contributed by atoms with Crippen LogP contribution in [0.5, 0.6) is 5.75 Å². The van der Waals surface area contributed by atoms with E-state index >= 15 is 0 Å². The van der Waals surface area contributed by atoms with Crippen molar-refractivity contribution in [2.75, 3.05) is 17.8 Å². The van der Waals surface area contributed by atoms with E-state index in [1.807, 2.05) is 24.3 Å². The number of carbonyl (C=O) groups is 1. The molecule has 0 aromatic heterocycles. The quantitative estimate of drug-likeness (QED) is 0.644. The van der Waals surface area contributed by atoms with E-state index in [0.717, 1.165) is 23.9 Å². The van der Waals surface area contributed by atoms with Crippen molar-refractivity contribution in [2.45, 2.75) is 19.3 Å².